The van der Waals surface area contributed by atoms with Gasteiger partial charge in [0.15, 0.2) is 12.6 Å². The van der Waals surface area contributed by atoms with Gasteiger partial charge in [0.05, 0.1) is 43.7 Å². The fraction of sp³-hybridized carbons (Fsp3) is 0.625. The van der Waals surface area contributed by atoms with Crippen LogP contribution in [-0.2, 0) is 55.6 Å². The van der Waals surface area contributed by atoms with Crippen LogP contribution < -0.4 is 21.7 Å². The number of nitrogens with two attached hydrogens (primary N) is 1. The molecule has 292 valence electrons. The summed E-state index contributed by atoms with van der Waals surface area (Å²) in [5.74, 6) is -0.394. The van der Waals surface area contributed by atoms with Crippen LogP contribution in [0, 0.1) is 11.8 Å². The Kier molecular flexibility index (Phi) is 14.4. The van der Waals surface area contributed by atoms with Gasteiger partial charge in [-0.15, -0.1) is 0 Å². The van der Waals surface area contributed by atoms with Crippen molar-refractivity contribution < 1.29 is 42.8 Å². The molecule has 4 aliphatic rings. The maximum absolute atomic E-state index is 12.6. The summed E-state index contributed by atoms with van der Waals surface area (Å²) in [7, 11) is 0. The molecule has 2 aromatic carbocycles. The molecule has 4 aliphatic heterocycles. The molecule has 3 amide bonds. The molecule has 4 fully saturated rings. The average Bonchev–Trinajstić information content (AvgIpc) is 3.79. The summed E-state index contributed by atoms with van der Waals surface area (Å²) in [5, 5.41) is 8.89. The van der Waals surface area contributed by atoms with E-state index in [2.05, 4.69) is 28.1 Å². The molecule has 53 heavy (non-hydrogen) atoms. The third-order valence-electron chi connectivity index (χ3n) is 10.4. The molecule has 4 saturated heterocycles. The number of fused-ring (bicyclic) bond motifs is 4. The van der Waals surface area contributed by atoms with Crippen LogP contribution in [0.25, 0.3) is 0 Å². The van der Waals surface area contributed by atoms with E-state index in [1.165, 1.54) is 18.1 Å². The number of amides is 3. The fourth-order valence-corrected chi connectivity index (χ4v) is 7.39. The molecule has 0 aliphatic carbocycles. The Hall–Kier alpha value is -3.43. The second-order valence-electron chi connectivity index (χ2n) is 15.0. The zero-order chi connectivity index (χ0) is 38.2. The van der Waals surface area contributed by atoms with Crippen LogP contribution in [0.3, 0.4) is 0 Å². The quantitative estimate of drug-likeness (QED) is 0.240. The lowest BCUT2D eigenvalue weighted by Crippen LogP contribution is -2.59. The van der Waals surface area contributed by atoms with E-state index >= 15 is 0 Å². The Bertz CT molecular complexity index is 1470. The van der Waals surface area contributed by atoms with Crippen molar-refractivity contribution in [3.05, 3.63) is 71.8 Å². The van der Waals surface area contributed by atoms with E-state index in [0.29, 0.717) is 13.2 Å². The predicted molar refractivity (Wildman–Crippen MR) is 197 cm³/mol. The largest absolute Gasteiger partial charge is 0.363 e. The van der Waals surface area contributed by atoms with Crippen LogP contribution >= 0.6 is 0 Å². The van der Waals surface area contributed by atoms with Crippen LogP contribution in [0.4, 0.5) is 0 Å². The molecule has 5 N–H and O–H groups in total. The van der Waals surface area contributed by atoms with Crippen molar-refractivity contribution in [1.82, 2.24) is 16.0 Å². The van der Waals surface area contributed by atoms with Crippen LogP contribution in [-0.4, -0.2) is 104 Å². The molecule has 0 saturated carbocycles. The Morgan fingerprint density at radius 1 is 0.717 bits per heavy atom. The Labute approximate surface area is 313 Å². The smallest absolute Gasteiger partial charge is 0.249 e. The molecule has 0 unspecified atom stereocenters. The van der Waals surface area contributed by atoms with Gasteiger partial charge < -0.3 is 50.1 Å². The van der Waals surface area contributed by atoms with Crippen LogP contribution in [0.2, 0.25) is 0 Å². The molecule has 6 rings (SSSR count). The lowest BCUT2D eigenvalue weighted by Gasteiger charge is -2.40. The summed E-state index contributed by atoms with van der Waals surface area (Å²) in [5.41, 5.74) is 8.56. The second kappa shape index (κ2) is 18.7. The Morgan fingerprint density at radius 2 is 1.15 bits per heavy atom. The Morgan fingerprint density at radius 3 is 1.64 bits per heavy atom. The SMILES string of the molecule is CC(=O)N[C@H]1[C@@H]2OC[C@@H](O2)[C@@H](C)[C@@H]1O[C@H](C)C(=O)N[C@H](C)Cc1ccccc1.C[C@H]1[C@H](O[C@H](C)C(=O)N[C@H](C)Cc2ccccc2)[C@@H](N)[C@@H]2OC[C@H]1O2. The third-order valence-corrected chi connectivity index (χ3v) is 10.4. The number of hydrogen-bond donors (Lipinski definition) is 4. The number of ether oxygens (including phenoxy) is 6. The molecule has 0 radical (unpaired) electrons. The molecular weight excluding hydrogens is 680 g/mol. The monoisotopic (exact) mass is 738 g/mol. The highest BCUT2D eigenvalue weighted by Gasteiger charge is 2.51. The molecule has 2 aromatic rings. The lowest BCUT2D eigenvalue weighted by atomic mass is 9.90. The fourth-order valence-electron chi connectivity index (χ4n) is 7.39. The van der Waals surface area contributed by atoms with Gasteiger partial charge in [0.25, 0.3) is 0 Å². The lowest BCUT2D eigenvalue weighted by molar-refractivity contribution is -0.190. The van der Waals surface area contributed by atoms with Gasteiger partial charge in [-0.05, 0) is 51.7 Å². The van der Waals surface area contributed by atoms with Crippen molar-refractivity contribution in [2.24, 2.45) is 17.6 Å². The van der Waals surface area contributed by atoms with E-state index < -0.39 is 30.8 Å². The van der Waals surface area contributed by atoms with Crippen molar-refractivity contribution in [3.63, 3.8) is 0 Å². The predicted octanol–water partition coefficient (Wildman–Crippen LogP) is 2.63. The van der Waals surface area contributed by atoms with E-state index in [0.717, 1.165) is 12.8 Å². The number of hydrogen-bond acceptors (Lipinski definition) is 10. The van der Waals surface area contributed by atoms with E-state index in [4.69, 9.17) is 34.2 Å². The molecule has 4 bridgehead atoms. The molecule has 13 heteroatoms. The van der Waals surface area contributed by atoms with Gasteiger partial charge in [0.1, 0.15) is 18.2 Å². The number of nitrogens with one attached hydrogen (secondary N) is 3. The summed E-state index contributed by atoms with van der Waals surface area (Å²) in [4.78, 5) is 36.7. The van der Waals surface area contributed by atoms with E-state index in [-0.39, 0.29) is 72.1 Å². The molecule has 0 aromatic heterocycles. The van der Waals surface area contributed by atoms with Crippen molar-refractivity contribution >= 4 is 17.7 Å². The molecule has 4 heterocycles. The minimum absolute atomic E-state index is 0.00686. The minimum atomic E-state index is -0.653. The summed E-state index contributed by atoms with van der Waals surface area (Å²) in [6.45, 7) is 14.0. The van der Waals surface area contributed by atoms with Gasteiger partial charge in [0, 0.05) is 30.8 Å². The van der Waals surface area contributed by atoms with E-state index in [1.807, 2.05) is 76.2 Å². The van der Waals surface area contributed by atoms with Gasteiger partial charge in [-0.2, -0.15) is 0 Å². The van der Waals surface area contributed by atoms with E-state index in [1.54, 1.807) is 13.8 Å². The molecule has 0 spiro atoms. The van der Waals surface area contributed by atoms with Crippen molar-refractivity contribution in [3.8, 4) is 0 Å². The van der Waals surface area contributed by atoms with Gasteiger partial charge >= 0.3 is 0 Å². The maximum atomic E-state index is 12.6. The maximum Gasteiger partial charge on any atom is 0.249 e. The van der Waals surface area contributed by atoms with Crippen LogP contribution in [0.5, 0.6) is 0 Å². The first-order valence-electron chi connectivity index (χ1n) is 18.9. The van der Waals surface area contributed by atoms with Gasteiger partial charge in [0.2, 0.25) is 17.7 Å². The van der Waals surface area contributed by atoms with Crippen molar-refractivity contribution in [2.45, 2.75) is 135 Å². The van der Waals surface area contributed by atoms with Crippen LogP contribution in [0.1, 0.15) is 59.6 Å². The molecule has 14 atom stereocenters. The van der Waals surface area contributed by atoms with Gasteiger partial charge in [-0.3, -0.25) is 14.4 Å². The minimum Gasteiger partial charge on any atom is -0.363 e. The Balaban J connectivity index is 0.000000206. The van der Waals surface area contributed by atoms with Gasteiger partial charge in [-0.25, -0.2) is 0 Å². The first-order chi connectivity index (χ1) is 25.3. The summed E-state index contributed by atoms with van der Waals surface area (Å²) >= 11 is 0. The topological polar surface area (TPSA) is 169 Å². The zero-order valence-corrected chi connectivity index (χ0v) is 31.9. The number of carbonyl (C=O) groups is 3. The second-order valence-corrected chi connectivity index (χ2v) is 15.0. The number of rotatable bonds is 13. The highest BCUT2D eigenvalue weighted by Crippen LogP contribution is 2.35. The van der Waals surface area contributed by atoms with Crippen LogP contribution in [0.15, 0.2) is 60.7 Å². The van der Waals surface area contributed by atoms with Gasteiger partial charge in [-0.1, -0.05) is 74.5 Å². The van der Waals surface area contributed by atoms with E-state index in [9.17, 15) is 14.4 Å². The molecule has 13 nitrogen and oxygen atoms in total. The van der Waals surface area contributed by atoms with Crippen molar-refractivity contribution in [1.29, 1.82) is 0 Å². The highest BCUT2D eigenvalue weighted by molar-refractivity contribution is 5.81. The first-order valence-corrected chi connectivity index (χ1v) is 18.9. The number of carbonyl (C=O) groups excluding carboxylic acids is 3. The normalized spacial score (nSPS) is 32.3. The highest BCUT2D eigenvalue weighted by atomic mass is 16.7. The summed E-state index contributed by atoms with van der Waals surface area (Å²) in [6, 6.07) is 19.3. The third kappa shape index (κ3) is 10.8. The first kappa shape index (κ1) is 40.7. The average molecular weight is 739 g/mol. The summed E-state index contributed by atoms with van der Waals surface area (Å²) < 4.78 is 34.8. The molecular formula is C40H58N4O9. The standard InChI is InChI=1S/C21H30N2O5.C19H28N2O4/c1-12(10-16-8-6-5-7-9-16)22-20(25)14(3)27-19-13(2)17-11-26-21(28-17)18(19)23-15(4)24;1-11(9-14-7-5-4-6-8-14)21-18(22)13(3)24-17-12(2)15-10-23-19(25-15)16(17)20/h5-9,12-14,17-19,21H,10-11H2,1-4H3,(H,22,25)(H,23,24);4-8,11-13,15-17,19H,9-10,20H2,1-3H3,(H,21,22)/t12-,13-,14-,17-,18-,19+,21-;11-,12-,13-,15-,16-,17+,19-/m11/s1. The summed E-state index contributed by atoms with van der Waals surface area (Å²) in [6.07, 6.45) is -1.38. The zero-order valence-electron chi connectivity index (χ0n) is 31.9. The number of benzene rings is 2. The van der Waals surface area contributed by atoms with Crippen molar-refractivity contribution in [2.75, 3.05) is 13.2 Å².